The summed E-state index contributed by atoms with van der Waals surface area (Å²) in [6.45, 7) is 3.47. The largest absolute Gasteiger partial charge is 0.328 e. The van der Waals surface area contributed by atoms with Gasteiger partial charge in [0.2, 0.25) is 0 Å². The number of hydrogen-bond donors (Lipinski definition) is 1. The molecule has 0 unspecified atom stereocenters. The zero-order chi connectivity index (χ0) is 13.1. The highest BCUT2D eigenvalue weighted by Crippen LogP contribution is 2.16. The van der Waals surface area contributed by atoms with E-state index >= 15 is 0 Å². The lowest BCUT2D eigenvalue weighted by Crippen LogP contribution is -2.36. The molecule has 0 aliphatic carbocycles. The monoisotopic (exact) mass is 240 g/mol. The zero-order valence-electron chi connectivity index (χ0n) is 9.51. The third-order valence-electron chi connectivity index (χ3n) is 2.58. The number of hydrogen-bond acceptors (Lipinski definition) is 3. The SMILES string of the molecule is [CH2]Cn1c(=O)[nH]c(-c2ccccc2)c(C#N)c1=O. The summed E-state index contributed by atoms with van der Waals surface area (Å²) in [5.41, 5.74) is -0.385. The molecule has 5 nitrogen and oxygen atoms in total. The summed E-state index contributed by atoms with van der Waals surface area (Å²) in [7, 11) is 0. The molecule has 0 saturated carbocycles. The molecule has 0 aliphatic heterocycles. The molecule has 18 heavy (non-hydrogen) atoms. The van der Waals surface area contributed by atoms with Gasteiger partial charge in [-0.1, -0.05) is 30.3 Å². The van der Waals surface area contributed by atoms with E-state index in [1.807, 2.05) is 12.1 Å². The van der Waals surface area contributed by atoms with Gasteiger partial charge in [0.05, 0.1) is 5.69 Å². The summed E-state index contributed by atoms with van der Waals surface area (Å²) < 4.78 is 0.894. The van der Waals surface area contributed by atoms with Crippen molar-refractivity contribution in [2.75, 3.05) is 0 Å². The summed E-state index contributed by atoms with van der Waals surface area (Å²) >= 11 is 0. The minimum atomic E-state index is -0.616. The lowest BCUT2D eigenvalue weighted by atomic mass is 10.1. The van der Waals surface area contributed by atoms with Gasteiger partial charge in [-0.15, -0.1) is 0 Å². The average Bonchev–Trinajstić information content (AvgIpc) is 2.39. The Bertz CT molecular complexity index is 721. The van der Waals surface area contributed by atoms with Crippen LogP contribution < -0.4 is 11.2 Å². The average molecular weight is 240 g/mol. The van der Waals surface area contributed by atoms with Crippen molar-refractivity contribution in [3.8, 4) is 17.3 Å². The Morgan fingerprint density at radius 3 is 2.50 bits per heavy atom. The highest BCUT2D eigenvalue weighted by atomic mass is 16.2. The van der Waals surface area contributed by atoms with Crippen LogP contribution in [-0.4, -0.2) is 9.55 Å². The molecule has 1 heterocycles. The highest BCUT2D eigenvalue weighted by molar-refractivity contribution is 5.65. The van der Waals surface area contributed by atoms with Crippen LogP contribution in [0.15, 0.2) is 39.9 Å². The maximum Gasteiger partial charge on any atom is 0.328 e. The second kappa shape index (κ2) is 4.72. The van der Waals surface area contributed by atoms with Gasteiger partial charge in [0.1, 0.15) is 11.6 Å². The van der Waals surface area contributed by atoms with Gasteiger partial charge in [-0.2, -0.15) is 5.26 Å². The first-order chi connectivity index (χ1) is 8.69. The molecule has 0 aliphatic rings. The predicted molar refractivity (Wildman–Crippen MR) is 66.8 cm³/mol. The van der Waals surface area contributed by atoms with E-state index in [0.717, 1.165) is 4.57 Å². The van der Waals surface area contributed by atoms with E-state index < -0.39 is 11.2 Å². The quantitative estimate of drug-likeness (QED) is 0.847. The topological polar surface area (TPSA) is 78.7 Å². The first-order valence-electron chi connectivity index (χ1n) is 5.31. The molecule has 0 bridgehead atoms. The van der Waals surface area contributed by atoms with Gasteiger partial charge >= 0.3 is 5.69 Å². The number of rotatable bonds is 2. The third-order valence-corrected chi connectivity index (χ3v) is 2.58. The molecule has 0 atom stereocenters. The number of nitriles is 1. The maximum atomic E-state index is 11.9. The molecule has 0 fully saturated rings. The van der Waals surface area contributed by atoms with Crippen molar-refractivity contribution in [2.45, 2.75) is 6.54 Å². The van der Waals surface area contributed by atoms with Crippen molar-refractivity contribution in [2.24, 2.45) is 0 Å². The number of aromatic nitrogens is 2. The molecule has 2 aromatic rings. The Kier molecular flexibility index (Phi) is 3.11. The summed E-state index contributed by atoms with van der Waals surface area (Å²) in [4.78, 5) is 26.2. The predicted octanol–water partition coefficient (Wildman–Crippen LogP) is 0.909. The van der Waals surface area contributed by atoms with E-state index in [-0.39, 0.29) is 17.8 Å². The molecule has 0 amide bonds. The summed E-state index contributed by atoms with van der Waals surface area (Å²) in [5, 5.41) is 9.07. The Morgan fingerprint density at radius 1 is 1.28 bits per heavy atom. The molecule has 5 heteroatoms. The normalized spacial score (nSPS) is 10.0. The van der Waals surface area contributed by atoms with Gasteiger partial charge in [0.15, 0.2) is 0 Å². The fourth-order valence-electron chi connectivity index (χ4n) is 1.70. The van der Waals surface area contributed by atoms with Crippen LogP contribution in [0.25, 0.3) is 11.3 Å². The van der Waals surface area contributed by atoms with E-state index in [0.29, 0.717) is 5.56 Å². The number of nitrogens with zero attached hydrogens (tertiary/aromatic N) is 2. The van der Waals surface area contributed by atoms with E-state index in [1.54, 1.807) is 24.3 Å². The van der Waals surface area contributed by atoms with E-state index in [9.17, 15) is 9.59 Å². The Balaban J connectivity index is 2.83. The Labute approximate surface area is 103 Å². The first kappa shape index (κ1) is 11.9. The van der Waals surface area contributed by atoms with Gasteiger partial charge < -0.3 is 4.98 Å². The second-order valence-corrected chi connectivity index (χ2v) is 3.61. The second-order valence-electron chi connectivity index (χ2n) is 3.61. The van der Waals surface area contributed by atoms with Crippen molar-refractivity contribution >= 4 is 0 Å². The van der Waals surface area contributed by atoms with E-state index in [2.05, 4.69) is 11.9 Å². The van der Waals surface area contributed by atoms with Crippen LogP contribution in [0.1, 0.15) is 5.56 Å². The number of H-pyrrole nitrogens is 1. The number of benzene rings is 1. The Morgan fingerprint density at radius 2 is 1.94 bits per heavy atom. The van der Waals surface area contributed by atoms with Crippen molar-refractivity contribution in [3.05, 3.63) is 63.7 Å². The smallest absolute Gasteiger partial charge is 0.305 e. The van der Waals surface area contributed by atoms with Gasteiger partial charge in [-0.3, -0.25) is 9.36 Å². The van der Waals surface area contributed by atoms with Crippen molar-refractivity contribution in [3.63, 3.8) is 0 Å². The minimum absolute atomic E-state index is 0.0160. The van der Waals surface area contributed by atoms with Crippen LogP contribution in [-0.2, 0) is 6.54 Å². The molecule has 1 aromatic heterocycles. The fraction of sp³-hybridized carbons (Fsp3) is 0.0769. The fourth-order valence-corrected chi connectivity index (χ4v) is 1.70. The van der Waals surface area contributed by atoms with Gasteiger partial charge in [0.25, 0.3) is 5.56 Å². The summed E-state index contributed by atoms with van der Waals surface area (Å²) in [5.74, 6) is 0. The summed E-state index contributed by atoms with van der Waals surface area (Å²) in [6.07, 6.45) is 0. The molecule has 1 N–H and O–H groups in total. The van der Waals surface area contributed by atoms with Gasteiger partial charge in [-0.25, -0.2) is 4.79 Å². The maximum absolute atomic E-state index is 11.9. The lowest BCUT2D eigenvalue weighted by Gasteiger charge is -2.06. The van der Waals surface area contributed by atoms with Crippen molar-refractivity contribution in [1.82, 2.24) is 9.55 Å². The molecular formula is C13H10N3O2. The van der Waals surface area contributed by atoms with Crippen LogP contribution in [0.2, 0.25) is 0 Å². The van der Waals surface area contributed by atoms with Gasteiger partial charge in [-0.05, 0) is 12.5 Å². The lowest BCUT2D eigenvalue weighted by molar-refractivity contribution is 0.710. The molecular weight excluding hydrogens is 230 g/mol. The molecule has 89 valence electrons. The number of nitrogens with one attached hydrogen (secondary N) is 1. The molecule has 0 saturated heterocycles. The highest BCUT2D eigenvalue weighted by Gasteiger charge is 2.13. The molecule has 0 spiro atoms. The van der Waals surface area contributed by atoms with E-state index in [4.69, 9.17) is 5.26 Å². The van der Waals surface area contributed by atoms with Crippen molar-refractivity contribution in [1.29, 1.82) is 5.26 Å². The van der Waals surface area contributed by atoms with Crippen LogP contribution in [0.3, 0.4) is 0 Å². The van der Waals surface area contributed by atoms with Crippen molar-refractivity contribution < 1.29 is 0 Å². The molecule has 1 radical (unpaired) electrons. The van der Waals surface area contributed by atoms with Crippen LogP contribution in [0, 0.1) is 18.3 Å². The molecule has 2 rings (SSSR count). The Hall–Kier alpha value is -2.61. The summed E-state index contributed by atoms with van der Waals surface area (Å²) in [6, 6.07) is 10.6. The number of aromatic amines is 1. The van der Waals surface area contributed by atoms with Crippen LogP contribution in [0.5, 0.6) is 0 Å². The van der Waals surface area contributed by atoms with Gasteiger partial charge in [0, 0.05) is 6.54 Å². The zero-order valence-corrected chi connectivity index (χ0v) is 9.51. The molecule has 1 aromatic carbocycles. The van der Waals surface area contributed by atoms with Crippen LogP contribution in [0.4, 0.5) is 0 Å². The standard InChI is InChI=1S/C13H10N3O2/c1-2-16-12(17)10(8-14)11(15-13(16)18)9-6-4-3-5-7-9/h3-7H,1-2H2,(H,15,18). The van der Waals surface area contributed by atoms with Crippen LogP contribution >= 0.6 is 0 Å². The van der Waals surface area contributed by atoms with E-state index in [1.165, 1.54) is 0 Å². The third kappa shape index (κ3) is 1.84. The minimum Gasteiger partial charge on any atom is -0.305 e. The first-order valence-corrected chi connectivity index (χ1v) is 5.31.